The van der Waals surface area contributed by atoms with Gasteiger partial charge >= 0.3 is 5.97 Å². The van der Waals surface area contributed by atoms with Gasteiger partial charge in [-0.15, -0.1) is 0 Å². The van der Waals surface area contributed by atoms with Gasteiger partial charge in [0, 0.05) is 13.0 Å². The van der Waals surface area contributed by atoms with E-state index in [9.17, 15) is 14.7 Å². The number of para-hydroxylation sites is 1. The van der Waals surface area contributed by atoms with E-state index in [1.165, 1.54) is 0 Å². The van der Waals surface area contributed by atoms with Gasteiger partial charge in [0.15, 0.2) is 0 Å². The van der Waals surface area contributed by atoms with Crippen LogP contribution in [-0.4, -0.2) is 41.1 Å². The van der Waals surface area contributed by atoms with Gasteiger partial charge < -0.3 is 14.7 Å². The number of carbonyl (C=O) groups excluding carboxylic acids is 1. The summed E-state index contributed by atoms with van der Waals surface area (Å²) in [5, 5.41) is 9.71. The highest BCUT2D eigenvalue weighted by atomic mass is 35.5. The number of amides is 1. The molecule has 1 amide bonds. The molecule has 1 saturated heterocycles. The smallest absolute Gasteiger partial charge is 0.319 e. The van der Waals surface area contributed by atoms with Gasteiger partial charge in [-0.2, -0.15) is 0 Å². The van der Waals surface area contributed by atoms with Crippen LogP contribution in [0.3, 0.4) is 0 Å². The fraction of sp³-hybridized carbons (Fsp3) is 0.467. The third kappa shape index (κ3) is 2.58. The second-order valence-electron chi connectivity index (χ2n) is 5.60. The number of benzene rings is 1. The maximum atomic E-state index is 12.3. The molecule has 1 N–H and O–H groups in total. The lowest BCUT2D eigenvalue weighted by molar-refractivity contribution is -0.153. The molecule has 0 spiro atoms. The largest absolute Gasteiger partial charge is 0.487 e. The molecule has 0 radical (unpaired) electrons. The van der Waals surface area contributed by atoms with Crippen LogP contribution in [0.1, 0.15) is 19.3 Å². The summed E-state index contributed by atoms with van der Waals surface area (Å²) in [7, 11) is 0. The van der Waals surface area contributed by atoms with Crippen molar-refractivity contribution in [3.63, 3.8) is 0 Å². The van der Waals surface area contributed by atoms with Crippen LogP contribution in [-0.2, 0) is 9.59 Å². The van der Waals surface area contributed by atoms with Crippen LogP contribution in [0.15, 0.2) is 24.3 Å². The molecule has 1 saturated carbocycles. The molecule has 2 fully saturated rings. The number of carbonyl (C=O) groups is 2. The predicted octanol–water partition coefficient (Wildman–Crippen LogP) is 2.18. The number of carboxylic acids is 1. The summed E-state index contributed by atoms with van der Waals surface area (Å²) in [5.74, 6) is -0.693. The van der Waals surface area contributed by atoms with Gasteiger partial charge in [-0.05, 0) is 25.0 Å². The van der Waals surface area contributed by atoms with Crippen molar-refractivity contribution >= 4 is 23.5 Å². The minimum absolute atomic E-state index is 0.140. The normalized spacial score (nSPS) is 22.9. The Balaban J connectivity index is 1.63. The summed E-state index contributed by atoms with van der Waals surface area (Å²) >= 11 is 6.04. The quantitative estimate of drug-likeness (QED) is 0.866. The zero-order chi connectivity index (χ0) is 15.0. The minimum Gasteiger partial charge on any atom is -0.487 e. The Bertz CT molecular complexity index is 585. The van der Waals surface area contributed by atoms with Crippen molar-refractivity contribution in [1.29, 1.82) is 0 Å². The van der Waals surface area contributed by atoms with Crippen LogP contribution in [0.25, 0.3) is 0 Å². The number of halogens is 1. The standard InChI is InChI=1S/C15H16ClNO4/c16-11-3-1-2-4-12(11)21-10-5-8-17(9-10)13(18)15(6-7-15)14(19)20/h1-4,10H,5-9H2,(H,19,20). The first-order valence-corrected chi connectivity index (χ1v) is 7.35. The molecule has 1 aromatic rings. The van der Waals surface area contributed by atoms with E-state index in [0.717, 1.165) is 0 Å². The molecule has 3 rings (SSSR count). The van der Waals surface area contributed by atoms with Gasteiger partial charge in [0.1, 0.15) is 17.3 Å². The molecule has 0 aromatic heterocycles. The van der Waals surface area contributed by atoms with Gasteiger partial charge in [0.2, 0.25) is 5.91 Å². The second kappa shape index (κ2) is 5.22. The minimum atomic E-state index is -1.17. The summed E-state index contributed by atoms with van der Waals surface area (Å²) in [6.07, 6.45) is 1.42. The van der Waals surface area contributed by atoms with E-state index < -0.39 is 11.4 Å². The van der Waals surface area contributed by atoms with Crippen molar-refractivity contribution in [3.8, 4) is 5.75 Å². The van der Waals surface area contributed by atoms with E-state index >= 15 is 0 Å². The molecule has 5 nitrogen and oxygen atoms in total. The third-order valence-corrected chi connectivity index (χ3v) is 4.44. The summed E-state index contributed by atoms with van der Waals surface area (Å²) in [6.45, 7) is 0.946. The molecule has 1 atom stereocenters. The van der Waals surface area contributed by atoms with E-state index in [2.05, 4.69) is 0 Å². The maximum Gasteiger partial charge on any atom is 0.319 e. The monoisotopic (exact) mass is 309 g/mol. The molecule has 6 heteroatoms. The molecule has 1 aromatic carbocycles. The number of nitrogens with zero attached hydrogens (tertiary/aromatic N) is 1. The second-order valence-corrected chi connectivity index (χ2v) is 6.00. The van der Waals surface area contributed by atoms with Crippen LogP contribution in [0.2, 0.25) is 5.02 Å². The molecule has 1 aliphatic carbocycles. The topological polar surface area (TPSA) is 66.8 Å². The first-order chi connectivity index (χ1) is 10.0. The van der Waals surface area contributed by atoms with Gasteiger partial charge in [-0.25, -0.2) is 0 Å². The molecule has 21 heavy (non-hydrogen) atoms. The average molecular weight is 310 g/mol. The summed E-state index contributed by atoms with van der Waals surface area (Å²) in [5.41, 5.74) is -1.17. The Morgan fingerprint density at radius 1 is 1.33 bits per heavy atom. The summed E-state index contributed by atoms with van der Waals surface area (Å²) in [6, 6.07) is 7.19. The number of carboxylic acid groups (broad SMARTS) is 1. The number of hydrogen-bond donors (Lipinski definition) is 1. The van der Waals surface area contributed by atoms with E-state index in [4.69, 9.17) is 16.3 Å². The zero-order valence-corrected chi connectivity index (χ0v) is 12.2. The Morgan fingerprint density at radius 3 is 2.67 bits per heavy atom. The number of aliphatic carboxylic acids is 1. The number of likely N-dealkylation sites (tertiary alicyclic amines) is 1. The first kappa shape index (κ1) is 14.2. The molecule has 0 bridgehead atoms. The van der Waals surface area contributed by atoms with E-state index in [-0.39, 0.29) is 12.0 Å². The lowest BCUT2D eigenvalue weighted by Crippen LogP contribution is -2.40. The first-order valence-electron chi connectivity index (χ1n) is 6.97. The Labute approximate surface area is 127 Å². The van der Waals surface area contributed by atoms with Crippen molar-refractivity contribution in [2.45, 2.75) is 25.4 Å². The van der Waals surface area contributed by atoms with Crippen LogP contribution in [0.5, 0.6) is 5.75 Å². The Hall–Kier alpha value is -1.75. The lowest BCUT2D eigenvalue weighted by atomic mass is 10.1. The summed E-state index contributed by atoms with van der Waals surface area (Å²) < 4.78 is 5.81. The van der Waals surface area contributed by atoms with Crippen molar-refractivity contribution < 1.29 is 19.4 Å². The maximum absolute atomic E-state index is 12.3. The lowest BCUT2D eigenvalue weighted by Gasteiger charge is -2.21. The van der Waals surface area contributed by atoms with Gasteiger partial charge in [0.05, 0.1) is 11.6 Å². The predicted molar refractivity (Wildman–Crippen MR) is 76.4 cm³/mol. The van der Waals surface area contributed by atoms with Gasteiger partial charge in [0.25, 0.3) is 0 Å². The number of hydrogen-bond acceptors (Lipinski definition) is 3. The molecule has 112 valence electrons. The summed E-state index contributed by atoms with van der Waals surface area (Å²) in [4.78, 5) is 25.1. The zero-order valence-electron chi connectivity index (χ0n) is 11.4. The van der Waals surface area contributed by atoms with Crippen molar-refractivity contribution in [1.82, 2.24) is 4.90 Å². The SMILES string of the molecule is O=C(O)C1(C(=O)N2CCC(Oc3ccccc3Cl)C2)CC1. The molecule has 1 unspecified atom stereocenters. The average Bonchev–Trinajstić information content (AvgIpc) is 3.15. The third-order valence-electron chi connectivity index (χ3n) is 4.13. The molecule has 1 heterocycles. The van der Waals surface area contributed by atoms with Crippen LogP contribution >= 0.6 is 11.6 Å². The number of ether oxygens (including phenoxy) is 1. The van der Waals surface area contributed by atoms with Crippen molar-refractivity contribution in [2.75, 3.05) is 13.1 Å². The van der Waals surface area contributed by atoms with Crippen molar-refractivity contribution in [3.05, 3.63) is 29.3 Å². The Kier molecular flexibility index (Phi) is 3.53. The Morgan fingerprint density at radius 2 is 2.05 bits per heavy atom. The highest BCUT2D eigenvalue weighted by molar-refractivity contribution is 6.32. The molecule has 2 aliphatic rings. The van der Waals surface area contributed by atoms with Crippen molar-refractivity contribution in [2.24, 2.45) is 5.41 Å². The van der Waals surface area contributed by atoms with E-state index in [1.807, 2.05) is 12.1 Å². The highest BCUT2D eigenvalue weighted by Gasteiger charge is 2.59. The van der Waals surface area contributed by atoms with Gasteiger partial charge in [-0.1, -0.05) is 23.7 Å². The highest BCUT2D eigenvalue weighted by Crippen LogP contribution is 2.48. The van der Waals surface area contributed by atoms with E-state index in [0.29, 0.717) is 43.1 Å². The fourth-order valence-electron chi connectivity index (χ4n) is 2.68. The molecular formula is C15H16ClNO4. The van der Waals surface area contributed by atoms with Crippen LogP contribution < -0.4 is 4.74 Å². The van der Waals surface area contributed by atoms with Gasteiger partial charge in [-0.3, -0.25) is 9.59 Å². The fourth-order valence-corrected chi connectivity index (χ4v) is 2.86. The number of rotatable bonds is 4. The van der Waals surface area contributed by atoms with E-state index in [1.54, 1.807) is 17.0 Å². The molecule has 1 aliphatic heterocycles. The molecular weight excluding hydrogens is 294 g/mol. The van der Waals surface area contributed by atoms with Crippen LogP contribution in [0.4, 0.5) is 0 Å². The van der Waals surface area contributed by atoms with Crippen LogP contribution in [0, 0.1) is 5.41 Å².